The van der Waals surface area contributed by atoms with Gasteiger partial charge in [-0.15, -0.1) is 0 Å². The summed E-state index contributed by atoms with van der Waals surface area (Å²) in [6.07, 6.45) is 0.549. The Hall–Kier alpha value is -0.910. The van der Waals surface area contributed by atoms with Crippen molar-refractivity contribution in [2.24, 2.45) is 10.6 Å². The summed E-state index contributed by atoms with van der Waals surface area (Å²) in [6.45, 7) is 3.82. The lowest BCUT2D eigenvalue weighted by Gasteiger charge is -2.10. The summed E-state index contributed by atoms with van der Waals surface area (Å²) in [6, 6.07) is 2.08. The molecule has 0 heterocycles. The van der Waals surface area contributed by atoms with E-state index >= 15 is 0 Å². The number of nitrogens with zero attached hydrogens (tertiary/aromatic N) is 2. The van der Waals surface area contributed by atoms with Crippen LogP contribution in [0, 0.1) is 21.7 Å². The highest BCUT2D eigenvalue weighted by molar-refractivity contribution is 4.91. The average Bonchev–Trinajstić information content (AvgIpc) is 1.84. The molecule has 0 aromatic heterocycles. The monoisotopic (exact) mass is 126 g/mol. The average molecular weight is 126 g/mol. The van der Waals surface area contributed by atoms with Crippen LogP contribution in [0.2, 0.25) is 0 Å². The highest BCUT2D eigenvalue weighted by Crippen LogP contribution is 2.17. The first-order valence-electron chi connectivity index (χ1n) is 2.83. The van der Waals surface area contributed by atoms with Crippen LogP contribution in [0.1, 0.15) is 20.3 Å². The second-order valence-electron chi connectivity index (χ2n) is 2.60. The molecule has 0 atom stereocenters. The maximum atomic E-state index is 9.61. The normalized spacial score (nSPS) is 10.3. The SMILES string of the molecule is CC(C)(C#N)CCN=O. The number of hydrogen-bond donors (Lipinski definition) is 0. The van der Waals surface area contributed by atoms with E-state index in [-0.39, 0.29) is 6.54 Å². The van der Waals surface area contributed by atoms with Crippen molar-refractivity contribution in [3.05, 3.63) is 4.91 Å². The molecule has 50 valence electrons. The molecule has 0 saturated carbocycles. The Kier molecular flexibility index (Phi) is 2.86. The van der Waals surface area contributed by atoms with Crippen molar-refractivity contribution in [1.82, 2.24) is 0 Å². The van der Waals surface area contributed by atoms with Gasteiger partial charge in [-0.3, -0.25) is 0 Å². The van der Waals surface area contributed by atoms with Gasteiger partial charge in [0, 0.05) is 0 Å². The van der Waals surface area contributed by atoms with Gasteiger partial charge in [-0.25, -0.2) is 0 Å². The molecule has 3 heteroatoms. The van der Waals surface area contributed by atoms with Gasteiger partial charge < -0.3 is 0 Å². The molecule has 0 fully saturated rings. The summed E-state index contributed by atoms with van der Waals surface area (Å²) in [7, 11) is 0. The summed E-state index contributed by atoms with van der Waals surface area (Å²) in [5.41, 5.74) is -0.395. The van der Waals surface area contributed by atoms with E-state index in [0.717, 1.165) is 0 Å². The number of hydrogen-bond acceptors (Lipinski definition) is 3. The Morgan fingerprint density at radius 1 is 1.67 bits per heavy atom. The van der Waals surface area contributed by atoms with Crippen molar-refractivity contribution in [2.75, 3.05) is 6.54 Å². The van der Waals surface area contributed by atoms with Gasteiger partial charge >= 0.3 is 0 Å². The molecular weight excluding hydrogens is 116 g/mol. The molecule has 3 nitrogen and oxygen atoms in total. The molecule has 0 spiro atoms. The quantitative estimate of drug-likeness (QED) is 0.540. The highest BCUT2D eigenvalue weighted by atomic mass is 16.3. The first-order chi connectivity index (χ1) is 4.12. The fourth-order valence-corrected chi connectivity index (χ4v) is 0.381. The Morgan fingerprint density at radius 2 is 2.22 bits per heavy atom. The molecule has 0 rings (SSSR count). The van der Waals surface area contributed by atoms with Crippen LogP contribution in [0.3, 0.4) is 0 Å². The predicted octanol–water partition coefficient (Wildman–Crippen LogP) is 1.69. The van der Waals surface area contributed by atoms with E-state index in [1.54, 1.807) is 13.8 Å². The number of nitriles is 1. The third kappa shape index (κ3) is 3.65. The third-order valence-electron chi connectivity index (χ3n) is 1.13. The minimum absolute atomic E-state index is 0.237. The molecule has 0 radical (unpaired) electrons. The molecule has 0 bridgehead atoms. The van der Waals surface area contributed by atoms with E-state index in [1.165, 1.54) is 0 Å². The Morgan fingerprint density at radius 3 is 2.56 bits per heavy atom. The number of nitroso groups, excluding NO2 is 1. The minimum atomic E-state index is -0.395. The predicted molar refractivity (Wildman–Crippen MR) is 34.7 cm³/mol. The van der Waals surface area contributed by atoms with E-state index < -0.39 is 5.41 Å². The fourth-order valence-electron chi connectivity index (χ4n) is 0.381. The van der Waals surface area contributed by atoms with Crippen molar-refractivity contribution >= 4 is 0 Å². The van der Waals surface area contributed by atoms with E-state index in [9.17, 15) is 4.91 Å². The molecule has 0 amide bonds. The van der Waals surface area contributed by atoms with Crippen molar-refractivity contribution in [3.8, 4) is 6.07 Å². The molecule has 0 saturated heterocycles. The lowest BCUT2D eigenvalue weighted by molar-refractivity contribution is 0.460. The van der Waals surface area contributed by atoms with Crippen molar-refractivity contribution in [2.45, 2.75) is 20.3 Å². The van der Waals surface area contributed by atoms with E-state index in [0.29, 0.717) is 6.42 Å². The first kappa shape index (κ1) is 8.09. The maximum Gasteiger partial charge on any atom is 0.0826 e. The van der Waals surface area contributed by atoms with Gasteiger partial charge in [-0.1, -0.05) is 5.18 Å². The standard InChI is InChI=1S/C6H10N2O/c1-6(2,5-7)3-4-8-9/h3-4H2,1-2H3. The third-order valence-corrected chi connectivity index (χ3v) is 1.13. The van der Waals surface area contributed by atoms with E-state index in [1.807, 2.05) is 0 Å². The molecule has 0 unspecified atom stereocenters. The minimum Gasteiger partial charge on any atom is -0.198 e. The van der Waals surface area contributed by atoms with Crippen LogP contribution in [0.4, 0.5) is 0 Å². The van der Waals surface area contributed by atoms with Crippen LogP contribution in [0.25, 0.3) is 0 Å². The second kappa shape index (κ2) is 3.18. The van der Waals surface area contributed by atoms with Crippen LogP contribution in [0.5, 0.6) is 0 Å². The first-order valence-corrected chi connectivity index (χ1v) is 2.83. The smallest absolute Gasteiger partial charge is 0.0826 e. The lowest BCUT2D eigenvalue weighted by Crippen LogP contribution is -2.08. The van der Waals surface area contributed by atoms with Crippen LogP contribution < -0.4 is 0 Å². The van der Waals surface area contributed by atoms with Crippen LogP contribution in [-0.2, 0) is 0 Å². The van der Waals surface area contributed by atoms with Gasteiger partial charge in [0.2, 0.25) is 0 Å². The van der Waals surface area contributed by atoms with Gasteiger partial charge in [0.1, 0.15) is 0 Å². The van der Waals surface area contributed by atoms with Gasteiger partial charge in [0.05, 0.1) is 18.0 Å². The summed E-state index contributed by atoms with van der Waals surface area (Å²) in [4.78, 5) is 9.61. The topological polar surface area (TPSA) is 53.2 Å². The van der Waals surface area contributed by atoms with E-state index in [2.05, 4.69) is 11.2 Å². The maximum absolute atomic E-state index is 9.61. The molecule has 0 aromatic rings. The van der Waals surface area contributed by atoms with Crippen molar-refractivity contribution in [1.29, 1.82) is 5.26 Å². The number of rotatable bonds is 3. The van der Waals surface area contributed by atoms with Gasteiger partial charge in [-0.2, -0.15) is 10.2 Å². The van der Waals surface area contributed by atoms with Crippen molar-refractivity contribution in [3.63, 3.8) is 0 Å². The Bertz CT molecular complexity index is 134. The van der Waals surface area contributed by atoms with Gasteiger partial charge in [-0.05, 0) is 20.3 Å². The molecule has 0 aliphatic rings. The van der Waals surface area contributed by atoms with Crippen molar-refractivity contribution < 1.29 is 0 Å². The lowest BCUT2D eigenvalue weighted by atomic mass is 9.92. The zero-order valence-corrected chi connectivity index (χ0v) is 5.72. The summed E-state index contributed by atoms with van der Waals surface area (Å²) < 4.78 is 0. The summed E-state index contributed by atoms with van der Waals surface area (Å²) >= 11 is 0. The van der Waals surface area contributed by atoms with E-state index in [4.69, 9.17) is 5.26 Å². The van der Waals surface area contributed by atoms with Gasteiger partial charge in [0.15, 0.2) is 0 Å². The molecule has 0 aliphatic carbocycles. The fraction of sp³-hybridized carbons (Fsp3) is 0.833. The van der Waals surface area contributed by atoms with Crippen LogP contribution >= 0.6 is 0 Å². The summed E-state index contributed by atoms with van der Waals surface area (Å²) in [5.74, 6) is 0. The Balaban J connectivity index is 3.61. The molecule has 0 aliphatic heterocycles. The highest BCUT2D eigenvalue weighted by Gasteiger charge is 2.15. The Labute approximate surface area is 54.7 Å². The zero-order valence-electron chi connectivity index (χ0n) is 5.72. The summed E-state index contributed by atoms with van der Waals surface area (Å²) in [5, 5.41) is 11.1. The van der Waals surface area contributed by atoms with Gasteiger partial charge in [0.25, 0.3) is 0 Å². The van der Waals surface area contributed by atoms with Crippen LogP contribution in [0.15, 0.2) is 5.18 Å². The zero-order chi connectivity index (χ0) is 7.33. The molecular formula is C6H10N2O. The second-order valence-corrected chi connectivity index (χ2v) is 2.60. The molecule has 0 N–H and O–H groups in total. The largest absolute Gasteiger partial charge is 0.198 e. The molecule has 0 aromatic carbocycles. The van der Waals surface area contributed by atoms with Crippen LogP contribution in [-0.4, -0.2) is 6.54 Å². The molecule has 9 heavy (non-hydrogen) atoms.